The number of rotatable bonds is 7. The van der Waals surface area contributed by atoms with E-state index in [0.29, 0.717) is 17.3 Å². The Morgan fingerprint density at radius 3 is 2.77 bits per heavy atom. The van der Waals surface area contributed by atoms with E-state index in [1.807, 2.05) is 19.3 Å². The highest BCUT2D eigenvalue weighted by Crippen LogP contribution is 2.40. The van der Waals surface area contributed by atoms with Crippen LogP contribution in [0.4, 0.5) is 11.6 Å². The lowest BCUT2D eigenvalue weighted by Crippen LogP contribution is -2.64. The van der Waals surface area contributed by atoms with Crippen LogP contribution in [0.2, 0.25) is 0 Å². The quantitative estimate of drug-likeness (QED) is 0.581. The summed E-state index contributed by atoms with van der Waals surface area (Å²) >= 11 is 0. The van der Waals surface area contributed by atoms with E-state index in [2.05, 4.69) is 31.6 Å². The van der Waals surface area contributed by atoms with Crippen LogP contribution in [-0.4, -0.2) is 60.6 Å². The highest BCUT2D eigenvalue weighted by atomic mass is 32.2. The van der Waals surface area contributed by atoms with E-state index in [9.17, 15) is 13.7 Å². The number of anilines is 2. The molecule has 3 aromatic heterocycles. The molecule has 0 aromatic carbocycles. The minimum Gasteiger partial charge on any atom is -0.321 e. The van der Waals surface area contributed by atoms with Gasteiger partial charge in [0.25, 0.3) is 0 Å². The summed E-state index contributed by atoms with van der Waals surface area (Å²) in [6.07, 6.45) is 8.53. The molecule has 0 spiro atoms. The molecule has 5 rings (SSSR count). The lowest BCUT2D eigenvalue weighted by atomic mass is 9.89. The van der Waals surface area contributed by atoms with Crippen molar-refractivity contribution in [2.75, 3.05) is 18.4 Å². The van der Waals surface area contributed by atoms with Crippen LogP contribution in [0.3, 0.4) is 0 Å². The van der Waals surface area contributed by atoms with Gasteiger partial charge in [0.15, 0.2) is 0 Å². The summed E-state index contributed by atoms with van der Waals surface area (Å²) in [5.74, 6) is 0.414. The number of sulfonamides is 1. The van der Waals surface area contributed by atoms with E-state index in [0.717, 1.165) is 18.5 Å². The van der Waals surface area contributed by atoms with Gasteiger partial charge in [0.2, 0.25) is 16.0 Å². The fourth-order valence-corrected chi connectivity index (χ4v) is 5.75. The monoisotopic (exact) mass is 439 g/mol. The first-order chi connectivity index (χ1) is 14.9. The molecule has 1 aliphatic carbocycles. The summed E-state index contributed by atoms with van der Waals surface area (Å²) in [5, 5.41) is 20.9. The highest BCUT2D eigenvalue weighted by Gasteiger charge is 2.53. The van der Waals surface area contributed by atoms with Crippen LogP contribution in [0.1, 0.15) is 19.3 Å². The molecule has 0 radical (unpaired) electrons. The van der Waals surface area contributed by atoms with E-state index >= 15 is 0 Å². The molecule has 0 unspecified atom stereocenters. The Morgan fingerprint density at radius 2 is 2.10 bits per heavy atom. The number of hydrogen-bond donors (Lipinski definition) is 1. The molecule has 0 bridgehead atoms. The van der Waals surface area contributed by atoms with Crippen molar-refractivity contribution in [2.24, 2.45) is 7.05 Å². The van der Waals surface area contributed by atoms with Crippen LogP contribution in [0.25, 0.3) is 11.4 Å². The second kappa shape index (κ2) is 7.14. The third-order valence-electron chi connectivity index (χ3n) is 5.61. The lowest BCUT2D eigenvalue weighted by Gasteiger charge is -2.48. The maximum Gasteiger partial charge on any atom is 0.227 e. The summed E-state index contributed by atoms with van der Waals surface area (Å²) in [6.45, 7) is 0.524. The normalized spacial score (nSPS) is 18.3. The third kappa shape index (κ3) is 3.55. The molecule has 2 aliphatic rings. The third-order valence-corrected chi connectivity index (χ3v) is 7.90. The standard InChI is InChI=1S/C19H21N9O2S/c1-26-11-14(10-22-26)23-18-21-8-4-16(24-18)17-5-9-28(25-17)19(6-7-20)12-27(13-19)31(29,30)15-2-3-15/h4-5,8-11,15H,2-3,6,12-13H2,1H3,(H,21,23,24). The first kappa shape index (κ1) is 19.7. The average Bonchev–Trinajstić information content (AvgIpc) is 3.34. The van der Waals surface area contributed by atoms with E-state index < -0.39 is 15.6 Å². The molecule has 12 heteroatoms. The maximum absolute atomic E-state index is 12.5. The van der Waals surface area contributed by atoms with Crippen molar-refractivity contribution in [1.29, 1.82) is 5.26 Å². The zero-order chi connectivity index (χ0) is 21.6. The van der Waals surface area contributed by atoms with Gasteiger partial charge in [-0.05, 0) is 25.0 Å². The Kier molecular flexibility index (Phi) is 4.53. The largest absolute Gasteiger partial charge is 0.321 e. The fraction of sp³-hybridized carbons (Fsp3) is 0.421. The Balaban J connectivity index is 1.37. The molecule has 1 aliphatic heterocycles. The summed E-state index contributed by atoms with van der Waals surface area (Å²) < 4.78 is 29.9. The number of aromatic nitrogens is 6. The van der Waals surface area contributed by atoms with Crippen LogP contribution < -0.4 is 5.32 Å². The van der Waals surface area contributed by atoms with Crippen LogP contribution in [0.5, 0.6) is 0 Å². The van der Waals surface area contributed by atoms with Crippen molar-refractivity contribution in [2.45, 2.75) is 30.1 Å². The molecule has 3 aromatic rings. The lowest BCUT2D eigenvalue weighted by molar-refractivity contribution is 0.0718. The second-order valence-electron chi connectivity index (χ2n) is 8.01. The summed E-state index contributed by atoms with van der Waals surface area (Å²) in [4.78, 5) is 8.74. The van der Waals surface area contributed by atoms with E-state index in [-0.39, 0.29) is 24.8 Å². The van der Waals surface area contributed by atoms with E-state index in [1.165, 1.54) is 4.31 Å². The molecular weight excluding hydrogens is 418 g/mol. The topological polar surface area (TPSA) is 135 Å². The van der Waals surface area contributed by atoms with Crippen LogP contribution >= 0.6 is 0 Å². The van der Waals surface area contributed by atoms with Crippen molar-refractivity contribution in [3.63, 3.8) is 0 Å². The maximum atomic E-state index is 12.5. The SMILES string of the molecule is Cn1cc(Nc2nccc(-c3ccn(C4(CC#N)CN(S(=O)(=O)C5CC5)C4)n3)n2)cn1. The molecule has 31 heavy (non-hydrogen) atoms. The number of hydrogen-bond acceptors (Lipinski definition) is 8. The van der Waals surface area contributed by atoms with Gasteiger partial charge in [-0.25, -0.2) is 18.4 Å². The zero-order valence-corrected chi connectivity index (χ0v) is 17.7. The molecule has 160 valence electrons. The van der Waals surface area contributed by atoms with Gasteiger partial charge in [-0.2, -0.15) is 19.8 Å². The van der Waals surface area contributed by atoms with Gasteiger partial charge < -0.3 is 5.32 Å². The summed E-state index contributed by atoms with van der Waals surface area (Å²) in [6, 6.07) is 5.75. The van der Waals surface area contributed by atoms with Crippen LogP contribution in [0.15, 0.2) is 36.9 Å². The highest BCUT2D eigenvalue weighted by molar-refractivity contribution is 7.90. The van der Waals surface area contributed by atoms with Gasteiger partial charge in [0.05, 0.1) is 35.3 Å². The van der Waals surface area contributed by atoms with Crippen molar-refractivity contribution < 1.29 is 8.42 Å². The Labute approximate surface area is 179 Å². The fourth-order valence-electron chi connectivity index (χ4n) is 3.75. The first-order valence-corrected chi connectivity index (χ1v) is 11.4. The smallest absolute Gasteiger partial charge is 0.227 e. The molecule has 0 atom stereocenters. The minimum absolute atomic E-state index is 0.183. The van der Waals surface area contributed by atoms with Gasteiger partial charge in [-0.15, -0.1) is 0 Å². The van der Waals surface area contributed by atoms with E-state index in [4.69, 9.17) is 0 Å². The number of nitrogens with zero attached hydrogens (tertiary/aromatic N) is 8. The predicted octanol–water partition coefficient (Wildman–Crippen LogP) is 1.23. The molecule has 1 N–H and O–H groups in total. The van der Waals surface area contributed by atoms with Crippen molar-refractivity contribution >= 4 is 21.7 Å². The molecule has 1 saturated carbocycles. The molecule has 4 heterocycles. The number of aryl methyl sites for hydroxylation is 1. The second-order valence-corrected chi connectivity index (χ2v) is 10.2. The Bertz CT molecular complexity index is 1260. The minimum atomic E-state index is -3.26. The Morgan fingerprint density at radius 1 is 1.29 bits per heavy atom. The molecular formula is C19H21N9O2S. The van der Waals surface area contributed by atoms with Crippen molar-refractivity contribution in [1.82, 2.24) is 33.8 Å². The molecule has 1 saturated heterocycles. The average molecular weight is 440 g/mol. The number of nitriles is 1. The van der Waals surface area contributed by atoms with Crippen molar-refractivity contribution in [3.05, 3.63) is 36.9 Å². The Hall–Kier alpha value is -3.30. The summed E-state index contributed by atoms with van der Waals surface area (Å²) in [7, 11) is -1.44. The van der Waals surface area contributed by atoms with Gasteiger partial charge in [0, 0.05) is 38.7 Å². The molecule has 11 nitrogen and oxygen atoms in total. The van der Waals surface area contributed by atoms with Gasteiger partial charge >= 0.3 is 0 Å². The molecule has 2 fully saturated rings. The zero-order valence-electron chi connectivity index (χ0n) is 16.9. The van der Waals surface area contributed by atoms with E-state index in [1.54, 1.807) is 34.0 Å². The van der Waals surface area contributed by atoms with Gasteiger partial charge in [-0.1, -0.05) is 0 Å². The van der Waals surface area contributed by atoms with Crippen molar-refractivity contribution in [3.8, 4) is 17.5 Å². The predicted molar refractivity (Wildman–Crippen MR) is 111 cm³/mol. The number of nitrogens with one attached hydrogen (secondary N) is 1. The van der Waals surface area contributed by atoms with Gasteiger partial charge in [0.1, 0.15) is 11.2 Å². The molecule has 0 amide bonds. The summed E-state index contributed by atoms with van der Waals surface area (Å²) in [5.41, 5.74) is 1.36. The van der Waals surface area contributed by atoms with Crippen LogP contribution in [0, 0.1) is 11.3 Å². The van der Waals surface area contributed by atoms with Crippen LogP contribution in [-0.2, 0) is 22.6 Å². The van der Waals surface area contributed by atoms with Gasteiger partial charge in [-0.3, -0.25) is 9.36 Å². The first-order valence-electron chi connectivity index (χ1n) is 9.91.